The largest absolute Gasteiger partial charge is 0.493 e. The molecule has 1 atom stereocenters. The molecular formula is C19H21NO. The minimum Gasteiger partial charge on any atom is -0.493 e. The molecule has 2 aromatic carbocycles. The van der Waals surface area contributed by atoms with E-state index in [4.69, 9.17) is 4.74 Å². The molecule has 21 heavy (non-hydrogen) atoms. The second-order valence-electron chi connectivity index (χ2n) is 6.07. The molecule has 2 aliphatic rings. The molecular weight excluding hydrogens is 258 g/mol. The van der Waals surface area contributed by atoms with Gasteiger partial charge in [0.25, 0.3) is 0 Å². The number of rotatable bonds is 3. The maximum absolute atomic E-state index is 5.73. The van der Waals surface area contributed by atoms with Crippen LogP contribution in [0.3, 0.4) is 0 Å². The third kappa shape index (κ3) is 2.56. The summed E-state index contributed by atoms with van der Waals surface area (Å²) >= 11 is 0. The number of nitrogens with one attached hydrogen (secondary N) is 1. The summed E-state index contributed by atoms with van der Waals surface area (Å²) in [5.74, 6) is 1.04. The molecule has 0 aromatic heterocycles. The molecule has 1 aliphatic heterocycles. The topological polar surface area (TPSA) is 21.3 Å². The van der Waals surface area contributed by atoms with E-state index in [1.165, 1.54) is 30.4 Å². The van der Waals surface area contributed by atoms with E-state index in [0.717, 1.165) is 25.3 Å². The van der Waals surface area contributed by atoms with Gasteiger partial charge in [-0.15, -0.1) is 0 Å². The number of para-hydroxylation sites is 1. The molecule has 2 aromatic rings. The van der Waals surface area contributed by atoms with Gasteiger partial charge in [-0.2, -0.15) is 0 Å². The van der Waals surface area contributed by atoms with Crippen LogP contribution in [-0.4, -0.2) is 6.61 Å². The number of fused-ring (bicyclic) bond motifs is 2. The van der Waals surface area contributed by atoms with Gasteiger partial charge in [0.15, 0.2) is 0 Å². The first-order valence-corrected chi connectivity index (χ1v) is 7.96. The van der Waals surface area contributed by atoms with Gasteiger partial charge >= 0.3 is 0 Å². The predicted octanol–water partition coefficient (Wildman–Crippen LogP) is 3.79. The Kier molecular flexibility index (Phi) is 3.40. The highest BCUT2D eigenvalue weighted by atomic mass is 16.5. The van der Waals surface area contributed by atoms with Crippen molar-refractivity contribution in [1.29, 1.82) is 0 Å². The van der Waals surface area contributed by atoms with Crippen molar-refractivity contribution in [3.05, 3.63) is 64.7 Å². The van der Waals surface area contributed by atoms with Gasteiger partial charge in [0.1, 0.15) is 5.75 Å². The van der Waals surface area contributed by atoms with Gasteiger partial charge in [0.05, 0.1) is 6.61 Å². The molecule has 1 N–H and O–H groups in total. The van der Waals surface area contributed by atoms with Crippen LogP contribution in [0.5, 0.6) is 5.75 Å². The maximum atomic E-state index is 5.73. The standard InChI is InChI=1S/C19H21NO/c1-2-7-19-17(6-1)18(10-11-21-19)20-13-14-8-9-15-4-3-5-16(15)12-14/h1-2,6-9,12,18,20H,3-5,10-11,13H2. The smallest absolute Gasteiger partial charge is 0.124 e. The third-order valence-corrected chi connectivity index (χ3v) is 4.67. The molecule has 2 nitrogen and oxygen atoms in total. The van der Waals surface area contributed by atoms with Crippen LogP contribution in [0.1, 0.15) is 41.1 Å². The quantitative estimate of drug-likeness (QED) is 0.923. The lowest BCUT2D eigenvalue weighted by Crippen LogP contribution is -2.26. The summed E-state index contributed by atoms with van der Waals surface area (Å²) in [7, 11) is 0. The third-order valence-electron chi connectivity index (χ3n) is 4.67. The fraction of sp³-hybridized carbons (Fsp3) is 0.368. The SMILES string of the molecule is c1ccc2c(c1)OCCC2NCc1ccc2c(c1)CCC2. The van der Waals surface area contributed by atoms with E-state index in [-0.39, 0.29) is 0 Å². The zero-order chi connectivity index (χ0) is 14.1. The summed E-state index contributed by atoms with van der Waals surface area (Å²) in [6, 6.07) is 15.8. The number of hydrogen-bond donors (Lipinski definition) is 1. The molecule has 2 heteroatoms. The first kappa shape index (κ1) is 12.9. The number of benzene rings is 2. The van der Waals surface area contributed by atoms with E-state index >= 15 is 0 Å². The molecule has 108 valence electrons. The lowest BCUT2D eigenvalue weighted by Gasteiger charge is -2.26. The molecule has 0 spiro atoms. The van der Waals surface area contributed by atoms with Crippen LogP contribution in [0, 0.1) is 0 Å². The number of hydrogen-bond acceptors (Lipinski definition) is 2. The van der Waals surface area contributed by atoms with E-state index in [1.54, 1.807) is 11.1 Å². The first-order valence-electron chi connectivity index (χ1n) is 7.96. The van der Waals surface area contributed by atoms with Gasteiger partial charge in [0, 0.05) is 24.6 Å². The average Bonchev–Trinajstić information content (AvgIpc) is 3.00. The summed E-state index contributed by atoms with van der Waals surface area (Å²) < 4.78 is 5.73. The molecule has 1 aliphatic carbocycles. The molecule has 0 saturated carbocycles. The highest BCUT2D eigenvalue weighted by molar-refractivity contribution is 5.38. The van der Waals surface area contributed by atoms with Gasteiger partial charge in [0.2, 0.25) is 0 Å². The highest BCUT2D eigenvalue weighted by Crippen LogP contribution is 2.32. The lowest BCUT2D eigenvalue weighted by molar-refractivity contribution is 0.252. The van der Waals surface area contributed by atoms with E-state index < -0.39 is 0 Å². The van der Waals surface area contributed by atoms with Crippen molar-refractivity contribution in [2.45, 2.75) is 38.3 Å². The zero-order valence-electron chi connectivity index (χ0n) is 12.3. The minimum atomic E-state index is 0.406. The summed E-state index contributed by atoms with van der Waals surface area (Å²) in [4.78, 5) is 0. The highest BCUT2D eigenvalue weighted by Gasteiger charge is 2.20. The Morgan fingerprint density at radius 2 is 1.95 bits per heavy atom. The number of aryl methyl sites for hydroxylation is 2. The van der Waals surface area contributed by atoms with Crippen molar-refractivity contribution in [3.8, 4) is 5.75 Å². The summed E-state index contributed by atoms with van der Waals surface area (Å²) in [5.41, 5.74) is 5.81. The molecule has 0 bridgehead atoms. The van der Waals surface area contributed by atoms with Crippen LogP contribution >= 0.6 is 0 Å². The van der Waals surface area contributed by atoms with Gasteiger partial charge in [-0.3, -0.25) is 0 Å². The second kappa shape index (κ2) is 5.53. The second-order valence-corrected chi connectivity index (χ2v) is 6.07. The van der Waals surface area contributed by atoms with Crippen molar-refractivity contribution in [2.75, 3.05) is 6.61 Å². The summed E-state index contributed by atoms with van der Waals surface area (Å²) in [6.07, 6.45) is 4.88. The van der Waals surface area contributed by atoms with Gasteiger partial charge in [-0.05, 0) is 42.0 Å². The Bertz CT molecular complexity index is 650. The minimum absolute atomic E-state index is 0.406. The normalized spacial score (nSPS) is 19.7. The Morgan fingerprint density at radius 3 is 2.95 bits per heavy atom. The summed E-state index contributed by atoms with van der Waals surface area (Å²) in [6.45, 7) is 1.74. The van der Waals surface area contributed by atoms with Crippen molar-refractivity contribution in [1.82, 2.24) is 5.32 Å². The predicted molar refractivity (Wildman–Crippen MR) is 84.6 cm³/mol. The van der Waals surface area contributed by atoms with Crippen molar-refractivity contribution in [3.63, 3.8) is 0 Å². The van der Waals surface area contributed by atoms with E-state index in [2.05, 4.69) is 41.7 Å². The molecule has 0 amide bonds. The monoisotopic (exact) mass is 279 g/mol. The van der Waals surface area contributed by atoms with Crippen LogP contribution in [0.2, 0.25) is 0 Å². The van der Waals surface area contributed by atoms with Crippen LogP contribution in [-0.2, 0) is 19.4 Å². The van der Waals surface area contributed by atoms with E-state index in [1.807, 2.05) is 6.07 Å². The average molecular weight is 279 g/mol. The molecule has 0 fully saturated rings. The fourth-order valence-electron chi connectivity index (χ4n) is 3.53. The maximum Gasteiger partial charge on any atom is 0.124 e. The van der Waals surface area contributed by atoms with Gasteiger partial charge in [-0.25, -0.2) is 0 Å². The van der Waals surface area contributed by atoms with Crippen molar-refractivity contribution >= 4 is 0 Å². The Balaban J connectivity index is 1.48. The van der Waals surface area contributed by atoms with Crippen LogP contribution < -0.4 is 10.1 Å². The van der Waals surface area contributed by atoms with Crippen LogP contribution in [0.25, 0.3) is 0 Å². The Morgan fingerprint density at radius 1 is 1.05 bits per heavy atom. The molecule has 1 heterocycles. The van der Waals surface area contributed by atoms with Crippen molar-refractivity contribution in [2.24, 2.45) is 0 Å². The molecule has 0 radical (unpaired) electrons. The number of ether oxygens (including phenoxy) is 1. The molecule has 1 unspecified atom stereocenters. The van der Waals surface area contributed by atoms with Crippen LogP contribution in [0.4, 0.5) is 0 Å². The van der Waals surface area contributed by atoms with E-state index in [0.29, 0.717) is 6.04 Å². The van der Waals surface area contributed by atoms with Crippen LogP contribution in [0.15, 0.2) is 42.5 Å². The molecule has 4 rings (SSSR count). The Hall–Kier alpha value is -1.80. The first-order chi connectivity index (χ1) is 10.4. The molecule has 0 saturated heterocycles. The van der Waals surface area contributed by atoms with Gasteiger partial charge in [-0.1, -0.05) is 36.4 Å². The lowest BCUT2D eigenvalue weighted by atomic mass is 10.00. The zero-order valence-corrected chi connectivity index (χ0v) is 12.3. The van der Waals surface area contributed by atoms with Crippen molar-refractivity contribution < 1.29 is 4.74 Å². The Labute approximate surface area is 126 Å². The fourth-order valence-corrected chi connectivity index (χ4v) is 3.53. The van der Waals surface area contributed by atoms with Gasteiger partial charge < -0.3 is 10.1 Å². The van der Waals surface area contributed by atoms with E-state index in [9.17, 15) is 0 Å². The summed E-state index contributed by atoms with van der Waals surface area (Å²) in [5, 5.41) is 3.71.